The minimum Gasteiger partial charge on any atom is -0.493 e. The van der Waals surface area contributed by atoms with Crippen molar-refractivity contribution in [1.29, 1.82) is 0 Å². The molecule has 1 saturated heterocycles. The zero-order chi connectivity index (χ0) is 31.5. The molecular weight excluding hydrogens is 616 g/mol. The van der Waals surface area contributed by atoms with Crippen LogP contribution in [0.1, 0.15) is 41.3 Å². The van der Waals surface area contributed by atoms with Gasteiger partial charge in [0.15, 0.2) is 11.5 Å². The molecular formula is C33H47ClN4O6S. The first kappa shape index (κ1) is 36.3. The van der Waals surface area contributed by atoms with Crippen molar-refractivity contribution in [2.45, 2.75) is 44.8 Å². The van der Waals surface area contributed by atoms with Crippen molar-refractivity contribution < 1.29 is 28.5 Å². The number of anilines is 2. The van der Waals surface area contributed by atoms with E-state index in [2.05, 4.69) is 16.0 Å². The lowest BCUT2D eigenvalue weighted by Gasteiger charge is -2.47. The van der Waals surface area contributed by atoms with Gasteiger partial charge in [0.1, 0.15) is 0 Å². The standard InChI is InChI=1S/C33H46N4O6S.ClH/c1-4-35-27-20-26(21-28(22-27)37-17-8-9-18-44(37,40)41)33(39)36-29(19-24-11-6-5-7-12-24)30(38)23-34-16-15-25-13-10-14-31(42-2)32(25)43-3;/h5-7,10-14,20-22,29-30,34-35,38,40-41H,4,8-9,15-19,23H2,1-3H3,(H,36,39);1H/t29-,30+;/m0./s1. The summed E-state index contributed by atoms with van der Waals surface area (Å²) in [6.45, 7) is 3.96. The van der Waals surface area contributed by atoms with E-state index in [1.807, 2.05) is 61.5 Å². The molecule has 6 N–H and O–H groups in total. The summed E-state index contributed by atoms with van der Waals surface area (Å²) in [5.41, 5.74) is 3.66. The second kappa shape index (κ2) is 17.5. The molecule has 4 rings (SSSR count). The number of hydrogen-bond acceptors (Lipinski definition) is 9. The molecule has 0 unspecified atom stereocenters. The minimum atomic E-state index is -2.96. The molecule has 1 amide bonds. The van der Waals surface area contributed by atoms with Crippen molar-refractivity contribution in [3.8, 4) is 11.5 Å². The van der Waals surface area contributed by atoms with Gasteiger partial charge in [0, 0.05) is 30.9 Å². The molecule has 0 aliphatic carbocycles. The molecule has 45 heavy (non-hydrogen) atoms. The Morgan fingerprint density at radius 1 is 1.02 bits per heavy atom. The molecule has 2 atom stereocenters. The van der Waals surface area contributed by atoms with Crippen LogP contribution in [-0.4, -0.2) is 78.4 Å². The number of aliphatic hydroxyl groups excluding tert-OH is 1. The largest absolute Gasteiger partial charge is 0.493 e. The average molecular weight is 663 g/mol. The summed E-state index contributed by atoms with van der Waals surface area (Å²) < 4.78 is 34.0. The molecule has 3 aromatic rings. The molecule has 1 aliphatic heterocycles. The highest BCUT2D eigenvalue weighted by Crippen LogP contribution is 2.50. The van der Waals surface area contributed by atoms with Gasteiger partial charge in [0.2, 0.25) is 0 Å². The quantitative estimate of drug-likeness (QED) is 0.119. The third-order valence-corrected chi connectivity index (χ3v) is 9.66. The van der Waals surface area contributed by atoms with Crippen molar-refractivity contribution in [3.05, 3.63) is 83.4 Å². The zero-order valence-electron chi connectivity index (χ0n) is 26.2. The Labute approximate surface area is 274 Å². The number of ether oxygens (including phenoxy) is 2. The molecule has 1 aliphatic rings. The third kappa shape index (κ3) is 9.90. The van der Waals surface area contributed by atoms with Gasteiger partial charge in [-0.1, -0.05) is 42.5 Å². The number of methoxy groups -OCH3 is 2. The number of nitrogens with one attached hydrogen (secondary N) is 3. The van der Waals surface area contributed by atoms with Crippen LogP contribution in [0.3, 0.4) is 0 Å². The molecule has 3 aromatic carbocycles. The normalized spacial score (nSPS) is 16.1. The van der Waals surface area contributed by atoms with Gasteiger partial charge in [-0.15, -0.1) is 23.2 Å². The number of aliphatic hydroxyl groups is 1. The van der Waals surface area contributed by atoms with Crippen LogP contribution >= 0.6 is 23.2 Å². The minimum absolute atomic E-state index is 0. The fourth-order valence-corrected chi connectivity index (χ4v) is 7.14. The summed E-state index contributed by atoms with van der Waals surface area (Å²) in [5, 5.41) is 20.9. The fourth-order valence-electron chi connectivity index (χ4n) is 5.47. The maximum atomic E-state index is 13.7. The van der Waals surface area contributed by atoms with Crippen LogP contribution in [0.2, 0.25) is 0 Å². The Hall–Kier alpha value is -3.19. The molecule has 0 bridgehead atoms. The predicted molar refractivity (Wildman–Crippen MR) is 186 cm³/mol. The molecule has 248 valence electrons. The number of halogens is 1. The lowest BCUT2D eigenvalue weighted by molar-refractivity contribution is 0.0831. The van der Waals surface area contributed by atoms with Crippen LogP contribution < -0.4 is 29.7 Å². The van der Waals surface area contributed by atoms with Gasteiger partial charge in [-0.05, 0) is 74.5 Å². The van der Waals surface area contributed by atoms with Gasteiger partial charge in [-0.3, -0.25) is 18.2 Å². The molecule has 1 fully saturated rings. The second-order valence-electron chi connectivity index (χ2n) is 10.9. The second-order valence-corrected chi connectivity index (χ2v) is 13.0. The number of nitrogens with zero attached hydrogens (tertiary/aromatic N) is 1. The van der Waals surface area contributed by atoms with Gasteiger partial charge in [0.25, 0.3) is 5.91 Å². The first-order valence-electron chi connectivity index (χ1n) is 15.1. The summed E-state index contributed by atoms with van der Waals surface area (Å²) in [6.07, 6.45) is 1.81. The average Bonchev–Trinajstić information content (AvgIpc) is 3.02. The van der Waals surface area contributed by atoms with E-state index in [9.17, 15) is 19.0 Å². The third-order valence-electron chi connectivity index (χ3n) is 7.72. The number of carbonyl (C=O) groups is 1. The van der Waals surface area contributed by atoms with Crippen LogP contribution in [-0.2, 0) is 12.8 Å². The van der Waals surface area contributed by atoms with Crippen molar-refractivity contribution in [1.82, 2.24) is 10.6 Å². The number of para-hydroxylation sites is 1. The van der Waals surface area contributed by atoms with Gasteiger partial charge in [0.05, 0.1) is 37.8 Å². The van der Waals surface area contributed by atoms with E-state index in [1.165, 1.54) is 0 Å². The van der Waals surface area contributed by atoms with Gasteiger partial charge >= 0.3 is 0 Å². The van der Waals surface area contributed by atoms with Crippen molar-refractivity contribution >= 4 is 40.5 Å². The Morgan fingerprint density at radius 3 is 2.49 bits per heavy atom. The van der Waals surface area contributed by atoms with E-state index >= 15 is 0 Å². The fraction of sp³-hybridized carbons (Fsp3) is 0.424. The molecule has 0 saturated carbocycles. The number of carbonyl (C=O) groups excluding carboxylic acids is 1. The first-order chi connectivity index (χ1) is 21.2. The number of amides is 1. The van der Waals surface area contributed by atoms with Gasteiger partial charge in [-0.25, -0.2) is 0 Å². The smallest absolute Gasteiger partial charge is 0.251 e. The molecule has 1 heterocycles. The van der Waals surface area contributed by atoms with Crippen molar-refractivity contribution in [2.75, 3.05) is 55.8 Å². The Kier molecular flexibility index (Phi) is 14.1. The van der Waals surface area contributed by atoms with E-state index in [1.54, 1.807) is 30.7 Å². The summed E-state index contributed by atoms with van der Waals surface area (Å²) in [5.74, 6) is 1.32. The Morgan fingerprint density at radius 2 is 1.80 bits per heavy atom. The van der Waals surface area contributed by atoms with Crippen LogP contribution in [0, 0.1) is 0 Å². The van der Waals surface area contributed by atoms with Crippen molar-refractivity contribution in [3.63, 3.8) is 0 Å². The van der Waals surface area contributed by atoms with E-state index in [-0.39, 0.29) is 24.9 Å². The van der Waals surface area contributed by atoms with E-state index in [0.717, 1.165) is 24.0 Å². The van der Waals surface area contributed by atoms with Crippen LogP contribution in [0.15, 0.2) is 66.7 Å². The SMILES string of the molecule is CCNc1cc(C(=O)N[C@@H](Cc2ccccc2)[C@H](O)CNCCc2cccc(OC)c2OC)cc(N2CCCCS2(O)O)c1.Cl. The summed E-state index contributed by atoms with van der Waals surface area (Å²) in [7, 11) is 0.264. The molecule has 0 aromatic heterocycles. The monoisotopic (exact) mass is 662 g/mol. The van der Waals surface area contributed by atoms with E-state index in [0.29, 0.717) is 66.7 Å². The maximum absolute atomic E-state index is 13.7. The highest BCUT2D eigenvalue weighted by Gasteiger charge is 2.28. The molecule has 0 radical (unpaired) electrons. The molecule has 12 heteroatoms. The highest BCUT2D eigenvalue weighted by atomic mass is 35.5. The number of benzene rings is 3. The van der Waals surface area contributed by atoms with Gasteiger partial charge < -0.3 is 30.5 Å². The van der Waals surface area contributed by atoms with Crippen LogP contribution in [0.4, 0.5) is 11.4 Å². The van der Waals surface area contributed by atoms with Crippen LogP contribution in [0.5, 0.6) is 11.5 Å². The summed E-state index contributed by atoms with van der Waals surface area (Å²) in [6, 6.07) is 20.2. The Bertz CT molecular complexity index is 1370. The Balaban J connectivity index is 0.00000552. The molecule has 0 spiro atoms. The summed E-state index contributed by atoms with van der Waals surface area (Å²) in [4.78, 5) is 13.7. The predicted octanol–water partition coefficient (Wildman–Crippen LogP) is 5.36. The lowest BCUT2D eigenvalue weighted by Crippen LogP contribution is -2.49. The van der Waals surface area contributed by atoms with Crippen LogP contribution in [0.25, 0.3) is 0 Å². The molecule has 10 nitrogen and oxygen atoms in total. The van der Waals surface area contributed by atoms with E-state index in [4.69, 9.17) is 9.47 Å². The number of rotatable bonds is 15. The number of hydrogen-bond donors (Lipinski definition) is 6. The van der Waals surface area contributed by atoms with E-state index < -0.39 is 22.9 Å². The first-order valence-corrected chi connectivity index (χ1v) is 16.8. The topological polar surface area (TPSA) is 136 Å². The highest BCUT2D eigenvalue weighted by molar-refractivity contribution is 8.25. The van der Waals surface area contributed by atoms with Gasteiger partial charge in [-0.2, -0.15) is 0 Å². The lowest BCUT2D eigenvalue weighted by atomic mass is 10.00. The maximum Gasteiger partial charge on any atom is 0.251 e. The van der Waals surface area contributed by atoms with Crippen molar-refractivity contribution in [2.24, 2.45) is 0 Å². The zero-order valence-corrected chi connectivity index (χ0v) is 27.8. The summed E-state index contributed by atoms with van der Waals surface area (Å²) >= 11 is 0.